The summed E-state index contributed by atoms with van der Waals surface area (Å²) >= 11 is 0. The first-order valence-corrected chi connectivity index (χ1v) is 15.9. The van der Waals surface area contributed by atoms with Gasteiger partial charge in [0.2, 0.25) is 0 Å². The van der Waals surface area contributed by atoms with E-state index in [0.717, 1.165) is 12.5 Å². The fraction of sp³-hybridized carbons (Fsp3) is 0.906. The zero-order chi connectivity index (χ0) is 24.5. The van der Waals surface area contributed by atoms with Crippen LogP contribution in [0.5, 0.6) is 0 Å². The number of rotatable bonds is 26. The number of aromatic nitrogens is 2. The van der Waals surface area contributed by atoms with Crippen LogP contribution in [0.4, 0.5) is 0 Å². The minimum atomic E-state index is 0.729. The van der Waals surface area contributed by atoms with Crippen molar-refractivity contribution in [2.75, 3.05) is 0 Å². The molecule has 0 radical (unpaired) electrons. The lowest BCUT2D eigenvalue weighted by Crippen LogP contribution is -2.36. The van der Waals surface area contributed by atoms with Crippen molar-refractivity contribution in [1.29, 1.82) is 0 Å². The second-order valence-electron chi connectivity index (χ2n) is 11.0. The lowest BCUT2D eigenvalue weighted by atomic mass is 9.93. The van der Waals surface area contributed by atoms with Gasteiger partial charge >= 0.3 is 0 Å². The third-order valence-electron chi connectivity index (χ3n) is 7.83. The minimum Gasteiger partial charge on any atom is -0.247 e. The van der Waals surface area contributed by atoms with Gasteiger partial charge in [0.05, 0.1) is 12.5 Å². The Kier molecular flexibility index (Phi) is 22.0. The second kappa shape index (κ2) is 23.9. The first kappa shape index (κ1) is 31.2. The van der Waals surface area contributed by atoms with Gasteiger partial charge in [-0.1, -0.05) is 155 Å². The van der Waals surface area contributed by atoms with Crippen molar-refractivity contribution in [3.05, 3.63) is 18.2 Å². The number of unbranched alkanes of at least 4 members (excludes halogenated alkanes) is 20. The fourth-order valence-electron chi connectivity index (χ4n) is 5.53. The molecule has 2 heteroatoms. The Morgan fingerprint density at radius 1 is 0.529 bits per heavy atom. The van der Waals surface area contributed by atoms with E-state index < -0.39 is 0 Å². The summed E-state index contributed by atoms with van der Waals surface area (Å²) in [6.07, 6.45) is 38.8. The monoisotopic (exact) mass is 475 g/mol. The van der Waals surface area contributed by atoms with Gasteiger partial charge in [-0.15, -0.1) is 0 Å². The molecule has 0 saturated carbocycles. The van der Waals surface area contributed by atoms with Crippen LogP contribution < -0.4 is 4.57 Å². The molecule has 1 aromatic rings. The van der Waals surface area contributed by atoms with Crippen LogP contribution in [0.2, 0.25) is 0 Å². The Labute approximate surface area is 215 Å². The molecule has 1 heterocycles. The maximum atomic E-state index is 3.60. The molecule has 0 spiro atoms. The van der Waals surface area contributed by atoms with Crippen molar-refractivity contribution in [3.8, 4) is 0 Å². The van der Waals surface area contributed by atoms with Gasteiger partial charge in [-0.25, -0.2) is 9.55 Å². The van der Waals surface area contributed by atoms with E-state index in [-0.39, 0.29) is 0 Å². The summed E-state index contributed by atoms with van der Waals surface area (Å²) in [4.78, 5) is 3.60. The number of nitrogens with zero attached hydrogens (tertiary/aromatic N) is 1. The summed E-state index contributed by atoms with van der Waals surface area (Å²) in [6, 6.07) is 0. The van der Waals surface area contributed by atoms with Crippen molar-refractivity contribution < 1.29 is 4.57 Å². The van der Waals surface area contributed by atoms with Gasteiger partial charge in [0.15, 0.2) is 0 Å². The summed E-state index contributed by atoms with van der Waals surface area (Å²) in [7, 11) is 0. The van der Waals surface area contributed by atoms with Gasteiger partial charge in [-0.2, -0.15) is 0 Å². The van der Waals surface area contributed by atoms with Crippen molar-refractivity contribution in [2.45, 2.75) is 187 Å². The summed E-state index contributed by atoms with van der Waals surface area (Å²) in [6.45, 7) is 7.98. The summed E-state index contributed by atoms with van der Waals surface area (Å²) in [5.74, 6) is 2.22. The lowest BCUT2D eigenvalue weighted by molar-refractivity contribution is -0.701. The van der Waals surface area contributed by atoms with Gasteiger partial charge in [-0.05, 0) is 19.8 Å². The van der Waals surface area contributed by atoms with Crippen molar-refractivity contribution in [2.24, 2.45) is 0 Å². The Bertz CT molecular complexity index is 521. The minimum absolute atomic E-state index is 0.729. The van der Waals surface area contributed by atoms with Crippen molar-refractivity contribution in [3.63, 3.8) is 0 Å². The molecule has 0 amide bonds. The normalized spacial score (nSPS) is 12.4. The highest BCUT2D eigenvalue weighted by atomic mass is 15.1. The van der Waals surface area contributed by atoms with Crippen LogP contribution in [0.1, 0.15) is 187 Å². The van der Waals surface area contributed by atoms with Crippen LogP contribution in [0.25, 0.3) is 0 Å². The van der Waals surface area contributed by atoms with Gasteiger partial charge < -0.3 is 0 Å². The predicted molar refractivity (Wildman–Crippen MR) is 152 cm³/mol. The number of hydrogen-bond donors (Lipinski definition) is 1. The SMILES string of the molecule is CCCCCCCCCCCCCCC[C@H](CCCCCCCCCCC)c1[nH]cc[n+]1CC. The standard InChI is InChI=1S/C32H62N2/c1-4-7-9-11-13-15-16-17-18-20-22-24-26-28-31(32-33-29-30-34(32)6-3)27-25-23-21-19-14-12-10-8-5-2/h29-31H,4-28H2,1-3H3/p+1/t31-/m0/s1. The van der Waals surface area contributed by atoms with E-state index in [1.165, 1.54) is 160 Å². The molecule has 2 nitrogen and oxygen atoms in total. The van der Waals surface area contributed by atoms with Crippen LogP contribution in [0.3, 0.4) is 0 Å². The molecule has 0 aliphatic carbocycles. The smallest absolute Gasteiger partial charge is 0.247 e. The number of nitrogens with one attached hydrogen (secondary N) is 1. The van der Waals surface area contributed by atoms with Gasteiger partial charge in [0, 0.05) is 0 Å². The molecule has 0 fully saturated rings. The average molecular weight is 476 g/mol. The molecule has 0 aromatic carbocycles. The molecule has 1 aromatic heterocycles. The summed E-state index contributed by atoms with van der Waals surface area (Å²) in [5.41, 5.74) is 0. The van der Waals surface area contributed by atoms with E-state index in [0.29, 0.717) is 0 Å². The third kappa shape index (κ3) is 16.8. The molecule has 34 heavy (non-hydrogen) atoms. The molecular formula is C32H63N2+. The number of imidazole rings is 1. The molecule has 0 bridgehead atoms. The molecule has 0 saturated heterocycles. The zero-order valence-electron chi connectivity index (χ0n) is 23.9. The lowest BCUT2D eigenvalue weighted by Gasteiger charge is -2.14. The van der Waals surface area contributed by atoms with E-state index in [1.807, 2.05) is 0 Å². The van der Waals surface area contributed by atoms with Crippen LogP contribution >= 0.6 is 0 Å². The Balaban J connectivity index is 2.12. The number of aryl methyl sites for hydroxylation is 1. The molecule has 1 rings (SSSR count). The van der Waals surface area contributed by atoms with Crippen molar-refractivity contribution in [1.82, 2.24) is 4.98 Å². The van der Waals surface area contributed by atoms with E-state index in [9.17, 15) is 0 Å². The first-order valence-electron chi connectivity index (χ1n) is 15.9. The predicted octanol–water partition coefficient (Wildman–Crippen LogP) is 10.8. The Morgan fingerprint density at radius 2 is 0.882 bits per heavy atom. The summed E-state index contributed by atoms with van der Waals surface area (Å²) < 4.78 is 2.45. The summed E-state index contributed by atoms with van der Waals surface area (Å²) in [5, 5.41) is 0. The van der Waals surface area contributed by atoms with E-state index >= 15 is 0 Å². The maximum absolute atomic E-state index is 3.60. The molecular weight excluding hydrogens is 412 g/mol. The number of H-pyrrole nitrogens is 1. The van der Waals surface area contributed by atoms with E-state index in [2.05, 4.69) is 42.7 Å². The molecule has 0 aliphatic rings. The third-order valence-corrected chi connectivity index (χ3v) is 7.83. The fourth-order valence-corrected chi connectivity index (χ4v) is 5.53. The second-order valence-corrected chi connectivity index (χ2v) is 11.0. The topological polar surface area (TPSA) is 19.7 Å². The molecule has 1 atom stereocenters. The molecule has 0 aliphatic heterocycles. The highest BCUT2D eigenvalue weighted by molar-refractivity contribution is 4.90. The van der Waals surface area contributed by atoms with Gasteiger partial charge in [0.25, 0.3) is 5.82 Å². The van der Waals surface area contributed by atoms with Crippen LogP contribution in [-0.2, 0) is 6.54 Å². The highest BCUT2D eigenvalue weighted by Gasteiger charge is 2.21. The van der Waals surface area contributed by atoms with Gasteiger partial charge in [0.1, 0.15) is 12.4 Å². The van der Waals surface area contributed by atoms with E-state index in [1.54, 1.807) is 0 Å². The highest BCUT2D eigenvalue weighted by Crippen LogP contribution is 2.26. The maximum Gasteiger partial charge on any atom is 0.257 e. The van der Waals surface area contributed by atoms with Crippen molar-refractivity contribution >= 4 is 0 Å². The average Bonchev–Trinajstić information content (AvgIpc) is 3.33. The molecule has 200 valence electrons. The zero-order valence-corrected chi connectivity index (χ0v) is 23.9. The Morgan fingerprint density at radius 3 is 1.24 bits per heavy atom. The Hall–Kier alpha value is -0.790. The van der Waals surface area contributed by atoms with Crippen LogP contribution in [0, 0.1) is 0 Å². The quantitative estimate of drug-likeness (QED) is 0.101. The van der Waals surface area contributed by atoms with E-state index in [4.69, 9.17) is 0 Å². The molecule has 0 unspecified atom stereocenters. The van der Waals surface area contributed by atoms with Gasteiger partial charge in [-0.3, -0.25) is 0 Å². The van der Waals surface area contributed by atoms with Crippen LogP contribution in [-0.4, -0.2) is 4.98 Å². The number of aromatic amines is 1. The largest absolute Gasteiger partial charge is 0.257 e. The molecule has 1 N–H and O–H groups in total. The van der Waals surface area contributed by atoms with Crippen LogP contribution in [0.15, 0.2) is 12.4 Å². The first-order chi connectivity index (χ1) is 16.8. The number of hydrogen-bond acceptors (Lipinski definition) is 0.